The van der Waals surface area contributed by atoms with Crippen LogP contribution in [-0.2, 0) is 9.59 Å². The summed E-state index contributed by atoms with van der Waals surface area (Å²) >= 11 is 12.2. The highest BCUT2D eigenvalue weighted by atomic mass is 35.5. The average Bonchev–Trinajstić information content (AvgIpc) is 3.80. The molecule has 4 fully saturated rings. The van der Waals surface area contributed by atoms with Gasteiger partial charge < -0.3 is 40.9 Å². The molecule has 6 aromatic rings. The SMILES string of the molecule is CCC(CN1CC[C@@H](CNC(=O)c2ccc3cc(Cl)ccc3c2)N[C@H](CCN2CCCCC2)C1=O)c1ccccc1.CCC(CN1CC[C@H](CNC(=O)c2ccc3cc(Cl)ccc3c2)N[C@@H](CCN2CCCCC2)C1=O)c1ccccc1. The lowest BCUT2D eigenvalue weighted by molar-refractivity contribution is -0.134. The van der Waals surface area contributed by atoms with Crippen molar-refractivity contribution < 1.29 is 19.2 Å². The van der Waals surface area contributed by atoms with Crippen molar-refractivity contribution in [2.24, 2.45) is 0 Å². The zero-order chi connectivity index (χ0) is 57.2. The van der Waals surface area contributed by atoms with Crippen molar-refractivity contribution in [3.8, 4) is 0 Å². The van der Waals surface area contributed by atoms with Gasteiger partial charge >= 0.3 is 0 Å². The van der Waals surface area contributed by atoms with Gasteiger partial charge in [-0.25, -0.2) is 0 Å². The van der Waals surface area contributed by atoms with Crippen molar-refractivity contribution in [3.05, 3.63) is 166 Å². The molecular formula is C68H86Cl2N8O4. The number of piperidine rings is 2. The van der Waals surface area contributed by atoms with Gasteiger partial charge in [0.2, 0.25) is 11.8 Å². The number of hydrogen-bond donors (Lipinski definition) is 4. The Hall–Kier alpha value is -5.86. The van der Waals surface area contributed by atoms with Gasteiger partial charge in [0.1, 0.15) is 0 Å². The molecule has 4 N–H and O–H groups in total. The number of likely N-dealkylation sites (tertiary alicyclic amines) is 2. The van der Waals surface area contributed by atoms with Crippen LogP contribution in [0.3, 0.4) is 0 Å². The maximum absolute atomic E-state index is 13.9. The number of nitrogens with one attached hydrogen (secondary N) is 4. The molecule has 4 aliphatic rings. The third-order valence-corrected chi connectivity index (χ3v) is 18.0. The molecule has 6 aromatic carbocycles. The van der Waals surface area contributed by atoms with E-state index in [1.54, 1.807) is 0 Å². The van der Waals surface area contributed by atoms with Gasteiger partial charge in [-0.1, -0.05) is 135 Å². The fraction of sp³-hybridized carbons (Fsp3) is 0.471. The Morgan fingerprint density at radius 3 is 1.27 bits per heavy atom. The fourth-order valence-electron chi connectivity index (χ4n) is 12.5. The molecule has 14 heteroatoms. The van der Waals surface area contributed by atoms with Crippen LogP contribution < -0.4 is 21.3 Å². The standard InChI is InChI=1S/2C34H43ClN4O2/c2*1-2-25(26-9-5-3-6-10-26)24-39-20-15-31(37-32(34(39)41)16-19-38-17-7-4-8-18-38)23-36-33(40)29-12-11-28-22-30(35)14-13-27(28)21-29/h2*3,5-6,9-14,21-22,25,31-32,37H,2,4,7-8,15-20,23-24H2,1H3,(H,36,40)/t2*25?,31-,32+/m10/s1. The summed E-state index contributed by atoms with van der Waals surface area (Å²) < 4.78 is 0. The van der Waals surface area contributed by atoms with Crippen molar-refractivity contribution >= 4 is 68.4 Å². The lowest BCUT2D eigenvalue weighted by Crippen LogP contribution is -2.50. The summed E-state index contributed by atoms with van der Waals surface area (Å²) in [5.74, 6) is 0.799. The number of fused-ring (bicyclic) bond motifs is 2. The number of hydrogen-bond acceptors (Lipinski definition) is 8. The summed E-state index contributed by atoms with van der Waals surface area (Å²) in [5.41, 5.74) is 3.82. The zero-order valence-corrected chi connectivity index (χ0v) is 49.8. The number of nitrogens with zero attached hydrogens (tertiary/aromatic N) is 4. The van der Waals surface area contributed by atoms with Crippen LogP contribution in [0.4, 0.5) is 0 Å². The molecule has 10 rings (SSSR count). The molecule has 4 amide bonds. The smallest absolute Gasteiger partial charge is 0.251 e. The molecule has 0 spiro atoms. The van der Waals surface area contributed by atoms with Gasteiger partial charge in [0, 0.05) is 97.4 Å². The third-order valence-electron chi connectivity index (χ3n) is 17.5. The number of amides is 4. The third kappa shape index (κ3) is 17.1. The lowest BCUT2D eigenvalue weighted by Gasteiger charge is -2.31. The second-order valence-corrected chi connectivity index (χ2v) is 24.1. The summed E-state index contributed by atoms with van der Waals surface area (Å²) in [6, 6.07) is 43.4. The largest absolute Gasteiger partial charge is 0.350 e. The van der Waals surface area contributed by atoms with Gasteiger partial charge in [-0.3, -0.25) is 19.2 Å². The second-order valence-electron chi connectivity index (χ2n) is 23.2. The molecule has 0 radical (unpaired) electrons. The van der Waals surface area contributed by atoms with Crippen molar-refractivity contribution in [2.75, 3.05) is 78.5 Å². The molecule has 4 aliphatic heterocycles. The van der Waals surface area contributed by atoms with E-state index < -0.39 is 0 Å². The van der Waals surface area contributed by atoms with E-state index in [1.807, 2.05) is 84.9 Å². The van der Waals surface area contributed by atoms with Crippen LogP contribution >= 0.6 is 23.2 Å². The Balaban J connectivity index is 0.000000198. The quantitative estimate of drug-likeness (QED) is 0.0595. The van der Waals surface area contributed by atoms with Crippen LogP contribution in [0.2, 0.25) is 10.0 Å². The maximum Gasteiger partial charge on any atom is 0.251 e. The lowest BCUT2D eigenvalue weighted by atomic mass is 9.95. The van der Waals surface area contributed by atoms with E-state index >= 15 is 0 Å². The monoisotopic (exact) mass is 1150 g/mol. The minimum absolute atomic E-state index is 0.0234. The minimum atomic E-state index is -0.250. The molecule has 4 saturated heterocycles. The molecule has 2 unspecified atom stereocenters. The van der Waals surface area contributed by atoms with E-state index in [-0.39, 0.29) is 47.8 Å². The molecule has 0 aliphatic carbocycles. The first-order chi connectivity index (χ1) is 40.0. The van der Waals surface area contributed by atoms with Crippen LogP contribution in [0.25, 0.3) is 21.5 Å². The van der Waals surface area contributed by atoms with E-state index in [2.05, 4.69) is 103 Å². The number of benzene rings is 6. The normalized spacial score (nSPS) is 21.0. The van der Waals surface area contributed by atoms with Crippen molar-refractivity contribution in [1.82, 2.24) is 40.9 Å². The summed E-state index contributed by atoms with van der Waals surface area (Å²) in [6.45, 7) is 14.5. The van der Waals surface area contributed by atoms with Gasteiger partial charge in [-0.15, -0.1) is 0 Å². The minimum Gasteiger partial charge on any atom is -0.350 e. The maximum atomic E-state index is 13.9. The number of carbonyl (C=O) groups excluding carboxylic acids is 4. The van der Waals surface area contributed by atoms with Crippen molar-refractivity contribution in [1.29, 1.82) is 0 Å². The Bertz CT molecular complexity index is 2820. The number of carbonyl (C=O) groups is 4. The van der Waals surface area contributed by atoms with Crippen molar-refractivity contribution in [3.63, 3.8) is 0 Å². The van der Waals surface area contributed by atoms with E-state index in [0.29, 0.717) is 59.2 Å². The van der Waals surface area contributed by atoms with Gasteiger partial charge in [0.15, 0.2) is 0 Å². The fourth-order valence-corrected chi connectivity index (χ4v) is 12.9. The van der Waals surface area contributed by atoms with Gasteiger partial charge in [-0.05, 0) is 172 Å². The highest BCUT2D eigenvalue weighted by molar-refractivity contribution is 6.31. The van der Waals surface area contributed by atoms with E-state index in [1.165, 1.54) is 49.7 Å². The van der Waals surface area contributed by atoms with E-state index in [9.17, 15) is 19.2 Å². The van der Waals surface area contributed by atoms with Crippen molar-refractivity contribution in [2.45, 2.75) is 127 Å². The summed E-state index contributed by atoms with van der Waals surface area (Å²) in [5, 5.41) is 19.0. The van der Waals surface area contributed by atoms with E-state index in [4.69, 9.17) is 23.2 Å². The Morgan fingerprint density at radius 2 is 0.878 bits per heavy atom. The van der Waals surface area contributed by atoms with Crippen LogP contribution in [0.5, 0.6) is 0 Å². The highest BCUT2D eigenvalue weighted by Crippen LogP contribution is 2.27. The number of halogens is 2. The Labute approximate surface area is 497 Å². The van der Waals surface area contributed by atoms with E-state index in [0.717, 1.165) is 112 Å². The molecule has 0 bridgehead atoms. The summed E-state index contributed by atoms with van der Waals surface area (Å²) in [4.78, 5) is 63.2. The average molecular weight is 1150 g/mol. The first kappa shape index (κ1) is 60.7. The van der Waals surface area contributed by atoms with Crippen LogP contribution in [0, 0.1) is 0 Å². The Kier molecular flexibility index (Phi) is 22.7. The topological polar surface area (TPSA) is 129 Å². The molecule has 82 heavy (non-hydrogen) atoms. The summed E-state index contributed by atoms with van der Waals surface area (Å²) in [7, 11) is 0. The molecule has 6 atom stereocenters. The predicted octanol–water partition coefficient (Wildman–Crippen LogP) is 11.7. The van der Waals surface area contributed by atoms with Gasteiger partial charge in [0.05, 0.1) is 12.1 Å². The second kappa shape index (κ2) is 30.6. The Morgan fingerprint density at radius 1 is 0.500 bits per heavy atom. The highest BCUT2D eigenvalue weighted by Gasteiger charge is 2.34. The molecule has 0 saturated carbocycles. The van der Waals surface area contributed by atoms with Gasteiger partial charge in [-0.2, -0.15) is 0 Å². The van der Waals surface area contributed by atoms with Crippen LogP contribution in [0.1, 0.15) is 135 Å². The molecule has 12 nitrogen and oxygen atoms in total. The molecular weight excluding hydrogens is 1060 g/mol. The first-order valence-corrected chi connectivity index (χ1v) is 31.3. The van der Waals surface area contributed by atoms with Gasteiger partial charge in [0.25, 0.3) is 11.8 Å². The first-order valence-electron chi connectivity index (χ1n) is 30.6. The molecule has 0 aromatic heterocycles. The van der Waals surface area contributed by atoms with Crippen LogP contribution in [-0.4, -0.2) is 146 Å². The summed E-state index contributed by atoms with van der Waals surface area (Å²) in [6.07, 6.45) is 12.7. The predicted molar refractivity (Wildman–Crippen MR) is 335 cm³/mol. The number of rotatable bonds is 20. The zero-order valence-electron chi connectivity index (χ0n) is 48.3. The molecule has 4 heterocycles. The van der Waals surface area contributed by atoms with Crippen LogP contribution in [0.15, 0.2) is 133 Å². The molecule has 436 valence electrons.